The van der Waals surface area contributed by atoms with Crippen LogP contribution in [-0.2, 0) is 0 Å². The average Bonchev–Trinajstić information content (AvgIpc) is 2.53. The zero-order chi connectivity index (χ0) is 17.2. The summed E-state index contributed by atoms with van der Waals surface area (Å²) in [4.78, 5) is 2.93. The average molecular weight is 280 g/mol. The second-order valence-corrected chi connectivity index (χ2v) is 2.66. The van der Waals surface area contributed by atoms with Gasteiger partial charge in [-0.15, -0.1) is 12.8 Å². The quantitative estimate of drug-likeness (QED) is 0.265. The van der Waals surface area contributed by atoms with Gasteiger partial charge in [-0.25, -0.2) is 0 Å². The van der Waals surface area contributed by atoms with E-state index in [2.05, 4.69) is 55.7 Å². The summed E-state index contributed by atoms with van der Waals surface area (Å²) in [6, 6.07) is 0. The van der Waals surface area contributed by atoms with Crippen LogP contribution in [0.2, 0.25) is 0 Å². The lowest BCUT2D eigenvalue weighted by atomic mass is 10.2. The maximum absolute atomic E-state index is 7.54. The molecule has 0 aliphatic heterocycles. The van der Waals surface area contributed by atoms with Crippen molar-refractivity contribution in [2.75, 3.05) is 7.05 Å². The van der Waals surface area contributed by atoms with E-state index in [0.717, 1.165) is 6.34 Å². The second-order valence-electron chi connectivity index (χ2n) is 2.66. The minimum Gasteiger partial charge on any atom is -0.394 e. The standard InChI is InChI=1S/C6H12.C4H9N.C2H3N3.C2H6.C2H2/c1-4-6(3)5-2;1-3-4-5-2;3-1-5-2-4;2*1-2/h4H,5H2,1-3H3;3-5H,1-2H3;1H,(H2,3,5);1-2H3;1-2H/b6-4+;4-3+;;;. The summed E-state index contributed by atoms with van der Waals surface area (Å²) in [7, 11) is 1.88. The van der Waals surface area contributed by atoms with Gasteiger partial charge in [-0.1, -0.05) is 38.5 Å². The molecule has 0 saturated heterocycles. The molecule has 0 heterocycles. The fourth-order valence-electron chi connectivity index (χ4n) is 0.404. The van der Waals surface area contributed by atoms with Gasteiger partial charge >= 0.3 is 0 Å². The van der Waals surface area contributed by atoms with Gasteiger partial charge in [0.15, 0.2) is 0 Å². The highest BCUT2D eigenvalue weighted by atomic mass is 14.8. The third-order valence-corrected chi connectivity index (χ3v) is 1.52. The number of hydrogen-bond acceptors (Lipinski definition) is 3. The van der Waals surface area contributed by atoms with Gasteiger partial charge < -0.3 is 11.1 Å². The molecular formula is C16H32N4. The first-order valence-electron chi connectivity index (χ1n) is 6.50. The van der Waals surface area contributed by atoms with Crippen molar-refractivity contribution in [2.24, 2.45) is 10.7 Å². The number of allylic oxidation sites excluding steroid dienone is 3. The third kappa shape index (κ3) is 103. The van der Waals surface area contributed by atoms with Crippen molar-refractivity contribution < 1.29 is 0 Å². The number of terminal acetylenes is 1. The predicted octanol–water partition coefficient (Wildman–Crippen LogP) is 3.83. The summed E-state index contributed by atoms with van der Waals surface area (Å²) in [5.41, 5.74) is 6.09. The van der Waals surface area contributed by atoms with Crippen molar-refractivity contribution in [3.63, 3.8) is 0 Å². The molecule has 0 rings (SSSR count). The van der Waals surface area contributed by atoms with E-state index in [-0.39, 0.29) is 0 Å². The highest BCUT2D eigenvalue weighted by Gasteiger charge is 1.73. The number of hydrogen-bond donors (Lipinski definition) is 2. The van der Waals surface area contributed by atoms with Gasteiger partial charge in [-0.3, -0.25) is 0 Å². The highest BCUT2D eigenvalue weighted by Crippen LogP contribution is 1.94. The lowest BCUT2D eigenvalue weighted by Gasteiger charge is -1.85. The lowest BCUT2D eigenvalue weighted by Crippen LogP contribution is -1.89. The molecule has 0 atom stereocenters. The molecule has 0 unspecified atom stereocenters. The third-order valence-electron chi connectivity index (χ3n) is 1.52. The maximum atomic E-state index is 7.54. The Kier molecular flexibility index (Phi) is 83.0. The topological polar surface area (TPSA) is 74.2 Å². The first-order valence-corrected chi connectivity index (χ1v) is 6.50. The molecule has 0 spiro atoms. The lowest BCUT2D eigenvalue weighted by molar-refractivity contribution is 1.09. The molecule has 0 saturated carbocycles. The van der Waals surface area contributed by atoms with Gasteiger partial charge in [0.05, 0.1) is 6.34 Å². The normalized spacial score (nSPS) is 8.30. The summed E-state index contributed by atoms with van der Waals surface area (Å²) in [6.07, 6.45) is 17.6. The molecule has 0 aliphatic rings. The molecule has 4 heteroatoms. The van der Waals surface area contributed by atoms with Crippen molar-refractivity contribution in [1.82, 2.24) is 5.32 Å². The van der Waals surface area contributed by atoms with E-state index in [4.69, 9.17) is 5.26 Å². The molecular weight excluding hydrogens is 248 g/mol. The van der Waals surface area contributed by atoms with Crippen molar-refractivity contribution in [2.45, 2.75) is 48.0 Å². The number of nitrogens with one attached hydrogen (secondary N) is 1. The molecule has 3 N–H and O–H groups in total. The summed E-state index contributed by atoms with van der Waals surface area (Å²) in [6.45, 7) is 12.3. The summed E-state index contributed by atoms with van der Waals surface area (Å²) >= 11 is 0. The Bertz CT molecular complexity index is 268. The van der Waals surface area contributed by atoms with E-state index >= 15 is 0 Å². The van der Waals surface area contributed by atoms with Gasteiger partial charge in [0, 0.05) is 7.05 Å². The molecule has 0 amide bonds. The van der Waals surface area contributed by atoms with Crippen LogP contribution in [0.4, 0.5) is 0 Å². The Balaban J connectivity index is -0.0000000501. The summed E-state index contributed by atoms with van der Waals surface area (Å²) < 4.78 is 0. The fraction of sp³-hybridized carbons (Fsp3) is 0.500. The molecule has 0 bridgehead atoms. The number of rotatable bonds is 2. The van der Waals surface area contributed by atoms with Crippen LogP contribution in [0, 0.1) is 24.3 Å². The number of aliphatic imine (C=N–C) groups is 1. The molecule has 20 heavy (non-hydrogen) atoms. The van der Waals surface area contributed by atoms with Crippen LogP contribution < -0.4 is 11.1 Å². The Morgan fingerprint density at radius 1 is 1.35 bits per heavy atom. The van der Waals surface area contributed by atoms with Crippen LogP contribution in [0.5, 0.6) is 0 Å². The van der Waals surface area contributed by atoms with E-state index < -0.39 is 0 Å². The van der Waals surface area contributed by atoms with Crippen LogP contribution >= 0.6 is 0 Å². The molecule has 0 aliphatic carbocycles. The van der Waals surface area contributed by atoms with Crippen molar-refractivity contribution in [3.05, 3.63) is 23.9 Å². The van der Waals surface area contributed by atoms with Crippen molar-refractivity contribution in [3.8, 4) is 19.0 Å². The summed E-state index contributed by atoms with van der Waals surface area (Å²) in [5, 5.41) is 10.4. The predicted molar refractivity (Wildman–Crippen MR) is 93.1 cm³/mol. The zero-order valence-corrected chi connectivity index (χ0v) is 14.1. The number of nitrogens with zero attached hydrogens (tertiary/aromatic N) is 2. The van der Waals surface area contributed by atoms with Crippen LogP contribution in [0.25, 0.3) is 0 Å². The minimum atomic E-state index is 0.944. The van der Waals surface area contributed by atoms with Crippen LogP contribution in [0.3, 0.4) is 0 Å². The van der Waals surface area contributed by atoms with E-state index in [9.17, 15) is 0 Å². The number of nitriles is 1. The largest absolute Gasteiger partial charge is 0.394 e. The zero-order valence-electron chi connectivity index (χ0n) is 14.1. The first kappa shape index (κ1) is 30.7. The molecule has 0 aromatic heterocycles. The molecule has 0 fully saturated rings. The van der Waals surface area contributed by atoms with Crippen LogP contribution in [-0.4, -0.2) is 13.4 Å². The smallest absolute Gasteiger partial charge is 0.207 e. The van der Waals surface area contributed by atoms with E-state index in [1.807, 2.05) is 40.1 Å². The molecule has 0 aromatic rings. The Labute approximate surface area is 126 Å². The van der Waals surface area contributed by atoms with Gasteiger partial charge in [0.1, 0.15) is 0 Å². The van der Waals surface area contributed by atoms with E-state index in [1.54, 1.807) is 0 Å². The van der Waals surface area contributed by atoms with Gasteiger partial charge in [-0.05, 0) is 33.4 Å². The Morgan fingerprint density at radius 2 is 1.80 bits per heavy atom. The molecule has 4 nitrogen and oxygen atoms in total. The monoisotopic (exact) mass is 280 g/mol. The van der Waals surface area contributed by atoms with Crippen LogP contribution in [0.1, 0.15) is 48.0 Å². The molecule has 0 radical (unpaired) electrons. The highest BCUT2D eigenvalue weighted by molar-refractivity contribution is 5.52. The van der Waals surface area contributed by atoms with Crippen molar-refractivity contribution in [1.29, 1.82) is 5.26 Å². The summed E-state index contributed by atoms with van der Waals surface area (Å²) in [5.74, 6) is 0. The molecule has 116 valence electrons. The Hall–Kier alpha value is -2.20. The fourth-order valence-corrected chi connectivity index (χ4v) is 0.404. The van der Waals surface area contributed by atoms with E-state index in [1.165, 1.54) is 18.2 Å². The van der Waals surface area contributed by atoms with E-state index in [0.29, 0.717) is 0 Å². The number of nitrogens with two attached hydrogens (primary N) is 1. The van der Waals surface area contributed by atoms with Gasteiger partial charge in [0.2, 0.25) is 6.19 Å². The molecule has 0 aromatic carbocycles. The van der Waals surface area contributed by atoms with Crippen molar-refractivity contribution >= 4 is 6.34 Å². The second kappa shape index (κ2) is 54.2. The van der Waals surface area contributed by atoms with Gasteiger partial charge in [-0.2, -0.15) is 10.3 Å². The van der Waals surface area contributed by atoms with Crippen LogP contribution in [0.15, 0.2) is 28.9 Å². The Morgan fingerprint density at radius 3 is 1.80 bits per heavy atom. The minimum absolute atomic E-state index is 0.944. The van der Waals surface area contributed by atoms with Gasteiger partial charge in [0.25, 0.3) is 0 Å². The SMILES string of the molecule is C#C.C/C=C(\C)CC.C/C=C/NC.CC.N#CN=CN. The maximum Gasteiger partial charge on any atom is 0.207 e. The first-order chi connectivity index (χ1) is 9.64.